The Hall–Kier alpha value is -2.21. The molecule has 0 radical (unpaired) electrons. The fourth-order valence-corrected chi connectivity index (χ4v) is 3.99. The van der Waals surface area contributed by atoms with Gasteiger partial charge in [0.05, 0.1) is 10.6 Å². The topological polar surface area (TPSA) is 58.6 Å². The predicted molar refractivity (Wildman–Crippen MR) is 111 cm³/mol. The maximum Gasteiger partial charge on any atom is 0.279 e. The molecule has 0 saturated carbocycles. The number of benzene rings is 1. The molecule has 0 unspecified atom stereocenters. The second kappa shape index (κ2) is 9.65. The van der Waals surface area contributed by atoms with Gasteiger partial charge in [-0.1, -0.05) is 55.3 Å². The van der Waals surface area contributed by atoms with Crippen LogP contribution in [-0.4, -0.2) is 17.4 Å². The van der Waals surface area contributed by atoms with E-state index in [9.17, 15) is 4.79 Å². The van der Waals surface area contributed by atoms with Crippen molar-refractivity contribution in [3.63, 3.8) is 0 Å². The summed E-state index contributed by atoms with van der Waals surface area (Å²) >= 11 is 7.72. The summed E-state index contributed by atoms with van der Waals surface area (Å²) in [6.07, 6.45) is 3.82. The maximum atomic E-state index is 12.4. The van der Waals surface area contributed by atoms with Crippen LogP contribution >= 0.6 is 22.9 Å². The van der Waals surface area contributed by atoms with Gasteiger partial charge in [-0.3, -0.25) is 4.79 Å². The second-order valence-corrected chi connectivity index (χ2v) is 7.65. The van der Waals surface area contributed by atoms with E-state index in [1.807, 2.05) is 6.07 Å². The summed E-state index contributed by atoms with van der Waals surface area (Å²) in [6, 6.07) is 16.4. The van der Waals surface area contributed by atoms with Crippen molar-refractivity contribution in [2.45, 2.75) is 25.8 Å². The molecule has 4 nitrogen and oxygen atoms in total. The summed E-state index contributed by atoms with van der Waals surface area (Å²) in [7, 11) is 0. The second-order valence-electron chi connectivity index (χ2n) is 6.31. The molecule has 3 aromatic rings. The number of anilines is 1. The number of amides is 1. The minimum atomic E-state index is -0.103. The molecule has 27 heavy (non-hydrogen) atoms. The number of rotatable bonds is 8. The van der Waals surface area contributed by atoms with Gasteiger partial charge in [-0.05, 0) is 35.6 Å². The number of carbonyl (C=O) groups is 1. The average Bonchev–Trinajstić information content (AvgIpc) is 3.20. The zero-order valence-corrected chi connectivity index (χ0v) is 16.8. The van der Waals surface area contributed by atoms with E-state index in [1.165, 1.54) is 16.0 Å². The number of pyridine rings is 1. The third kappa shape index (κ3) is 5.39. The van der Waals surface area contributed by atoms with Crippen LogP contribution in [0.2, 0.25) is 5.15 Å². The summed E-state index contributed by atoms with van der Waals surface area (Å²) in [5, 5.41) is 7.25. The van der Waals surface area contributed by atoms with Gasteiger partial charge in [0, 0.05) is 11.8 Å². The Morgan fingerprint density at radius 3 is 2.70 bits per heavy atom. The van der Waals surface area contributed by atoms with E-state index in [-0.39, 0.29) is 11.9 Å². The minimum absolute atomic E-state index is 0.0933. The van der Waals surface area contributed by atoms with Crippen molar-refractivity contribution in [1.29, 1.82) is 0 Å². The highest BCUT2D eigenvalue weighted by atomic mass is 35.5. The standard InChI is InChI=1S/C21H22ClN3OS/c1-2-5-15-8-10-16(11-9-15)20(18-7-4-13-27-18)24-14-19(26)25-17-6-3-12-23-21(17)22/h3-4,6-13,20,24H,2,5,14H2,1H3,(H,25,26)/p+1/t20-/m0/s1. The lowest BCUT2D eigenvalue weighted by Crippen LogP contribution is -2.87. The largest absolute Gasteiger partial charge is 0.328 e. The summed E-state index contributed by atoms with van der Waals surface area (Å²) in [6.45, 7) is 2.48. The van der Waals surface area contributed by atoms with Gasteiger partial charge in [-0.15, -0.1) is 11.3 Å². The summed E-state index contributed by atoms with van der Waals surface area (Å²) in [4.78, 5) is 17.6. The third-order valence-electron chi connectivity index (χ3n) is 4.30. The van der Waals surface area contributed by atoms with E-state index in [1.54, 1.807) is 29.7 Å². The SMILES string of the molecule is CCCc1ccc([C@H]([NH2+]CC(=O)Nc2cccnc2Cl)c2cccs2)cc1. The monoisotopic (exact) mass is 400 g/mol. The van der Waals surface area contributed by atoms with Gasteiger partial charge >= 0.3 is 0 Å². The molecule has 6 heteroatoms. The van der Waals surface area contributed by atoms with Crippen LogP contribution in [0.25, 0.3) is 0 Å². The number of halogens is 1. The molecule has 0 spiro atoms. The molecular weight excluding hydrogens is 378 g/mol. The van der Waals surface area contributed by atoms with Crippen LogP contribution in [0.5, 0.6) is 0 Å². The Labute approximate surface area is 168 Å². The lowest BCUT2D eigenvalue weighted by Gasteiger charge is -2.15. The van der Waals surface area contributed by atoms with Crippen molar-refractivity contribution in [1.82, 2.24) is 4.98 Å². The highest BCUT2D eigenvalue weighted by molar-refractivity contribution is 7.10. The Morgan fingerprint density at radius 1 is 1.22 bits per heavy atom. The molecule has 2 heterocycles. The van der Waals surface area contributed by atoms with Crippen molar-refractivity contribution in [2.24, 2.45) is 0 Å². The van der Waals surface area contributed by atoms with E-state index >= 15 is 0 Å². The van der Waals surface area contributed by atoms with Gasteiger partial charge in [-0.25, -0.2) is 4.98 Å². The van der Waals surface area contributed by atoms with Gasteiger partial charge in [0.25, 0.3) is 5.91 Å². The smallest absolute Gasteiger partial charge is 0.279 e. The molecule has 3 N–H and O–H groups in total. The van der Waals surface area contributed by atoms with E-state index in [0.717, 1.165) is 12.8 Å². The molecule has 0 aliphatic carbocycles. The highest BCUT2D eigenvalue weighted by Crippen LogP contribution is 2.23. The number of nitrogens with two attached hydrogens (primary N) is 1. The lowest BCUT2D eigenvalue weighted by molar-refractivity contribution is -0.675. The van der Waals surface area contributed by atoms with Crippen molar-refractivity contribution >= 4 is 34.5 Å². The molecule has 0 saturated heterocycles. The van der Waals surface area contributed by atoms with Crippen LogP contribution in [0.15, 0.2) is 60.1 Å². The minimum Gasteiger partial charge on any atom is -0.328 e. The molecule has 1 aromatic carbocycles. The zero-order valence-electron chi connectivity index (χ0n) is 15.2. The number of thiophene rings is 1. The summed E-state index contributed by atoms with van der Waals surface area (Å²) < 4.78 is 0. The fourth-order valence-electron chi connectivity index (χ4n) is 2.97. The van der Waals surface area contributed by atoms with Gasteiger partial charge in [-0.2, -0.15) is 0 Å². The highest BCUT2D eigenvalue weighted by Gasteiger charge is 2.20. The number of aryl methyl sites for hydroxylation is 1. The number of carbonyl (C=O) groups excluding carboxylic acids is 1. The first-order chi connectivity index (χ1) is 13.2. The first-order valence-electron chi connectivity index (χ1n) is 9.03. The van der Waals surface area contributed by atoms with Crippen molar-refractivity contribution in [3.05, 3.63) is 81.3 Å². The van der Waals surface area contributed by atoms with Crippen LogP contribution in [0.1, 0.15) is 35.4 Å². The molecule has 0 fully saturated rings. The Morgan fingerprint density at radius 2 is 2.04 bits per heavy atom. The van der Waals surface area contributed by atoms with Crippen LogP contribution in [0.4, 0.5) is 5.69 Å². The van der Waals surface area contributed by atoms with E-state index in [0.29, 0.717) is 17.4 Å². The molecular formula is C21H23ClN3OS+. The normalized spacial score (nSPS) is 11.9. The zero-order chi connectivity index (χ0) is 19.1. The average molecular weight is 401 g/mol. The van der Waals surface area contributed by atoms with Crippen LogP contribution in [0, 0.1) is 0 Å². The summed E-state index contributed by atoms with van der Waals surface area (Å²) in [5.41, 5.74) is 3.08. The van der Waals surface area contributed by atoms with Gasteiger partial charge in [0.2, 0.25) is 0 Å². The number of nitrogens with zero attached hydrogens (tertiary/aromatic N) is 1. The first-order valence-corrected chi connectivity index (χ1v) is 10.3. The van der Waals surface area contributed by atoms with Crippen molar-refractivity contribution in [3.8, 4) is 0 Å². The fraction of sp³-hybridized carbons (Fsp3) is 0.238. The first kappa shape index (κ1) is 19.5. The lowest BCUT2D eigenvalue weighted by atomic mass is 10.0. The number of hydrogen-bond acceptors (Lipinski definition) is 3. The molecule has 0 aliphatic heterocycles. The molecule has 0 bridgehead atoms. The summed E-state index contributed by atoms with van der Waals surface area (Å²) in [5.74, 6) is -0.103. The molecule has 140 valence electrons. The Kier molecular flexibility index (Phi) is 6.98. The van der Waals surface area contributed by atoms with Gasteiger partial charge < -0.3 is 10.6 Å². The van der Waals surface area contributed by atoms with E-state index < -0.39 is 0 Å². The third-order valence-corrected chi connectivity index (χ3v) is 5.56. The number of hydrogen-bond donors (Lipinski definition) is 2. The number of nitrogens with one attached hydrogen (secondary N) is 1. The van der Waals surface area contributed by atoms with E-state index in [4.69, 9.17) is 11.6 Å². The van der Waals surface area contributed by atoms with Crippen LogP contribution in [0.3, 0.4) is 0 Å². The molecule has 3 rings (SSSR count). The molecule has 2 aromatic heterocycles. The van der Waals surface area contributed by atoms with Crippen molar-refractivity contribution < 1.29 is 10.1 Å². The number of aromatic nitrogens is 1. The Bertz CT molecular complexity index is 865. The van der Waals surface area contributed by atoms with Gasteiger partial charge in [0.15, 0.2) is 11.7 Å². The van der Waals surface area contributed by atoms with Crippen molar-refractivity contribution in [2.75, 3.05) is 11.9 Å². The quantitative estimate of drug-likeness (QED) is 0.560. The van der Waals surface area contributed by atoms with E-state index in [2.05, 4.69) is 58.3 Å². The Balaban J connectivity index is 1.69. The molecule has 1 amide bonds. The van der Waals surface area contributed by atoms with Crippen LogP contribution < -0.4 is 10.6 Å². The molecule has 0 aliphatic rings. The van der Waals surface area contributed by atoms with Crippen LogP contribution in [-0.2, 0) is 11.2 Å². The maximum absolute atomic E-state index is 12.4. The number of quaternary nitrogens is 1. The van der Waals surface area contributed by atoms with Gasteiger partial charge in [0.1, 0.15) is 6.04 Å². The predicted octanol–water partition coefficient (Wildman–Crippen LogP) is 4.04. The molecule has 1 atom stereocenters.